The van der Waals surface area contributed by atoms with Crippen LogP contribution in [0.3, 0.4) is 0 Å². The van der Waals surface area contributed by atoms with Crippen molar-refractivity contribution in [2.45, 2.75) is 20.0 Å². The molecule has 0 heterocycles. The van der Waals surface area contributed by atoms with Gasteiger partial charge in [0.2, 0.25) is 0 Å². The van der Waals surface area contributed by atoms with Gasteiger partial charge in [0.25, 0.3) is 5.69 Å². The second kappa shape index (κ2) is 8.94. The van der Waals surface area contributed by atoms with Crippen molar-refractivity contribution in [1.29, 1.82) is 0 Å². The minimum absolute atomic E-state index is 0.0706. The summed E-state index contributed by atoms with van der Waals surface area (Å²) in [5, 5.41) is 10.8. The van der Waals surface area contributed by atoms with Crippen LogP contribution in [0.1, 0.15) is 18.1 Å². The molecule has 2 rings (SSSR count). The first kappa shape index (κ1) is 18.6. The van der Waals surface area contributed by atoms with E-state index >= 15 is 0 Å². The van der Waals surface area contributed by atoms with Gasteiger partial charge in [0.05, 0.1) is 18.0 Å². The number of hydrogen-bond acceptors (Lipinski definition) is 5. The topological polar surface area (TPSA) is 72.7 Å². The lowest BCUT2D eigenvalue weighted by Gasteiger charge is -2.25. The second-order valence-electron chi connectivity index (χ2n) is 6.00. The fourth-order valence-electron chi connectivity index (χ4n) is 2.67. The number of nitrogens with zero attached hydrogens (tertiary/aromatic N) is 2. The number of nitro groups is 1. The summed E-state index contributed by atoms with van der Waals surface area (Å²) in [6, 6.07) is 16.5. The van der Waals surface area contributed by atoms with Crippen molar-refractivity contribution in [1.82, 2.24) is 4.90 Å². The van der Waals surface area contributed by atoms with Gasteiger partial charge in [-0.15, -0.1) is 0 Å². The smallest absolute Gasteiger partial charge is 0.309 e. The highest BCUT2D eigenvalue weighted by molar-refractivity contribution is 5.72. The Balaban J connectivity index is 2.12. The molecule has 25 heavy (non-hydrogen) atoms. The molecule has 0 bridgehead atoms. The van der Waals surface area contributed by atoms with Gasteiger partial charge in [-0.2, -0.15) is 0 Å². The molecule has 0 aliphatic carbocycles. The Morgan fingerprint density at radius 1 is 1.08 bits per heavy atom. The van der Waals surface area contributed by atoms with Crippen LogP contribution in [0.15, 0.2) is 54.6 Å². The predicted octanol–water partition coefficient (Wildman–Crippen LogP) is 3.41. The molecule has 6 heteroatoms. The molecule has 0 saturated carbocycles. The summed E-state index contributed by atoms with van der Waals surface area (Å²) in [6.07, 6.45) is 0. The molecule has 2 aromatic rings. The third-order valence-corrected chi connectivity index (χ3v) is 3.94. The van der Waals surface area contributed by atoms with E-state index in [9.17, 15) is 14.9 Å². The number of non-ortho nitro benzene ring substituents is 1. The molecule has 0 aliphatic rings. The molecule has 0 saturated heterocycles. The van der Waals surface area contributed by atoms with Gasteiger partial charge in [0.1, 0.15) is 0 Å². The maximum Gasteiger partial charge on any atom is 0.309 e. The lowest BCUT2D eigenvalue weighted by molar-refractivity contribution is -0.384. The Kier molecular flexibility index (Phi) is 6.65. The molecule has 2 aromatic carbocycles. The minimum atomic E-state index is -0.412. The molecule has 0 spiro atoms. The van der Waals surface area contributed by atoms with Crippen molar-refractivity contribution >= 4 is 11.7 Å². The van der Waals surface area contributed by atoms with E-state index < -0.39 is 4.92 Å². The summed E-state index contributed by atoms with van der Waals surface area (Å²) < 4.78 is 4.81. The van der Waals surface area contributed by atoms with Crippen molar-refractivity contribution < 1.29 is 14.5 Å². The van der Waals surface area contributed by atoms with Gasteiger partial charge >= 0.3 is 5.97 Å². The molecule has 0 radical (unpaired) electrons. The van der Waals surface area contributed by atoms with Crippen LogP contribution in [0.2, 0.25) is 0 Å². The van der Waals surface area contributed by atoms with E-state index in [1.165, 1.54) is 19.2 Å². The molecule has 0 amide bonds. The number of carbonyl (C=O) groups is 1. The van der Waals surface area contributed by atoms with E-state index in [0.29, 0.717) is 19.6 Å². The van der Waals surface area contributed by atoms with E-state index in [1.54, 1.807) is 12.1 Å². The van der Waals surface area contributed by atoms with Gasteiger partial charge in [-0.05, 0) is 11.1 Å². The molecular formula is C19H22N2O4. The Bertz CT molecular complexity index is 701. The largest absolute Gasteiger partial charge is 0.469 e. The number of ether oxygens (including phenoxy) is 1. The predicted molar refractivity (Wildman–Crippen MR) is 94.8 cm³/mol. The maximum atomic E-state index is 11.7. The first-order valence-corrected chi connectivity index (χ1v) is 8.07. The number of rotatable bonds is 8. The fraction of sp³-hybridized carbons (Fsp3) is 0.316. The molecule has 1 atom stereocenters. The number of carbonyl (C=O) groups excluding carboxylic acids is 1. The highest BCUT2D eigenvalue weighted by Crippen LogP contribution is 2.16. The molecule has 0 aromatic heterocycles. The summed E-state index contributed by atoms with van der Waals surface area (Å²) in [5.74, 6) is -0.506. The van der Waals surface area contributed by atoms with Crippen LogP contribution in [0.5, 0.6) is 0 Å². The van der Waals surface area contributed by atoms with Crippen LogP contribution in [-0.2, 0) is 22.6 Å². The van der Waals surface area contributed by atoms with Gasteiger partial charge in [-0.25, -0.2) is 0 Å². The molecule has 6 nitrogen and oxygen atoms in total. The van der Waals surface area contributed by atoms with Crippen molar-refractivity contribution in [3.8, 4) is 0 Å². The van der Waals surface area contributed by atoms with Crippen molar-refractivity contribution in [2.24, 2.45) is 5.92 Å². The van der Waals surface area contributed by atoms with Gasteiger partial charge < -0.3 is 4.74 Å². The second-order valence-corrected chi connectivity index (χ2v) is 6.00. The van der Waals surface area contributed by atoms with E-state index in [4.69, 9.17) is 4.74 Å². The van der Waals surface area contributed by atoms with Crippen molar-refractivity contribution in [2.75, 3.05) is 13.7 Å². The quantitative estimate of drug-likeness (QED) is 0.418. The van der Waals surface area contributed by atoms with E-state index in [2.05, 4.69) is 4.90 Å². The van der Waals surface area contributed by atoms with Gasteiger partial charge in [0.15, 0.2) is 0 Å². The average Bonchev–Trinajstić information content (AvgIpc) is 2.62. The Morgan fingerprint density at radius 3 is 2.16 bits per heavy atom. The van der Waals surface area contributed by atoms with E-state index in [0.717, 1.165) is 11.1 Å². The first-order valence-electron chi connectivity index (χ1n) is 8.07. The van der Waals surface area contributed by atoms with E-state index in [1.807, 2.05) is 37.3 Å². The fourth-order valence-corrected chi connectivity index (χ4v) is 2.67. The Hall–Kier alpha value is -2.73. The standard InChI is InChI=1S/C19H22N2O4/c1-15(19(22)25-2)12-20(13-16-6-4-3-5-7-16)14-17-8-10-18(11-9-17)21(23)24/h3-11,15H,12-14H2,1-2H3. The Morgan fingerprint density at radius 2 is 1.64 bits per heavy atom. The lowest BCUT2D eigenvalue weighted by Crippen LogP contribution is -2.31. The number of nitro benzene ring substituents is 1. The molecule has 1 unspecified atom stereocenters. The molecular weight excluding hydrogens is 320 g/mol. The van der Waals surface area contributed by atoms with E-state index in [-0.39, 0.29) is 17.6 Å². The van der Waals surface area contributed by atoms with Crippen molar-refractivity contribution in [3.63, 3.8) is 0 Å². The Labute approximate surface area is 147 Å². The molecule has 0 aliphatic heterocycles. The summed E-state index contributed by atoms with van der Waals surface area (Å²) in [4.78, 5) is 24.2. The maximum absolute atomic E-state index is 11.7. The highest BCUT2D eigenvalue weighted by Gasteiger charge is 2.18. The number of esters is 1. The average molecular weight is 342 g/mol. The molecule has 0 fully saturated rings. The third-order valence-electron chi connectivity index (χ3n) is 3.94. The van der Waals surface area contributed by atoms with Gasteiger partial charge in [-0.3, -0.25) is 19.8 Å². The normalized spacial score (nSPS) is 12.0. The van der Waals surface area contributed by atoms with Crippen LogP contribution in [0, 0.1) is 16.0 Å². The SMILES string of the molecule is COC(=O)C(C)CN(Cc1ccccc1)Cc1ccc([N+](=O)[O-])cc1. The summed E-state index contributed by atoms with van der Waals surface area (Å²) >= 11 is 0. The summed E-state index contributed by atoms with van der Waals surface area (Å²) in [5.41, 5.74) is 2.17. The van der Waals surface area contributed by atoms with Gasteiger partial charge in [0, 0.05) is 31.8 Å². The zero-order chi connectivity index (χ0) is 18.2. The van der Waals surface area contributed by atoms with Crippen LogP contribution in [0.4, 0.5) is 5.69 Å². The third kappa shape index (κ3) is 5.69. The zero-order valence-electron chi connectivity index (χ0n) is 14.4. The number of hydrogen-bond donors (Lipinski definition) is 0. The number of benzene rings is 2. The lowest BCUT2D eigenvalue weighted by atomic mass is 10.1. The van der Waals surface area contributed by atoms with Crippen LogP contribution >= 0.6 is 0 Å². The summed E-state index contributed by atoms with van der Waals surface area (Å²) in [7, 11) is 1.39. The first-order chi connectivity index (χ1) is 12.0. The molecule has 132 valence electrons. The van der Waals surface area contributed by atoms with Crippen LogP contribution in [0.25, 0.3) is 0 Å². The van der Waals surface area contributed by atoms with Gasteiger partial charge in [-0.1, -0.05) is 49.4 Å². The highest BCUT2D eigenvalue weighted by atomic mass is 16.6. The summed E-state index contributed by atoms with van der Waals surface area (Å²) in [6.45, 7) is 3.64. The van der Waals surface area contributed by atoms with Crippen LogP contribution < -0.4 is 0 Å². The number of methoxy groups -OCH3 is 1. The zero-order valence-corrected chi connectivity index (χ0v) is 14.4. The van der Waals surface area contributed by atoms with Crippen LogP contribution in [-0.4, -0.2) is 29.4 Å². The monoisotopic (exact) mass is 342 g/mol. The minimum Gasteiger partial charge on any atom is -0.469 e. The van der Waals surface area contributed by atoms with Crippen molar-refractivity contribution in [3.05, 3.63) is 75.8 Å². The molecule has 0 N–H and O–H groups in total.